The first-order valence-electron chi connectivity index (χ1n) is 9.56. The van der Waals surface area contributed by atoms with Crippen molar-refractivity contribution in [3.05, 3.63) is 47.5 Å². The average molecular weight is 419 g/mol. The van der Waals surface area contributed by atoms with Crippen LogP contribution in [-0.4, -0.2) is 40.8 Å². The summed E-state index contributed by atoms with van der Waals surface area (Å²) in [6.07, 6.45) is 2.15. The summed E-state index contributed by atoms with van der Waals surface area (Å²) in [5.41, 5.74) is 2.51. The van der Waals surface area contributed by atoms with Gasteiger partial charge < -0.3 is 14.8 Å². The largest absolute Gasteiger partial charge is 0.497 e. The topological polar surface area (TPSA) is 84.9 Å². The minimum Gasteiger partial charge on any atom is -0.497 e. The standard InChI is InChI=1S/C21H26N2O5S/c1-4-12-29(25,26)23-11-5-6-15-7-8-16(13-19(15)23)22-21(24)18-10-9-17(27-2)14-20(18)28-3/h7-10,13-14H,4-6,11-12H2,1-3H3,(H,22,24). The first-order chi connectivity index (χ1) is 13.9. The van der Waals surface area contributed by atoms with Crippen LogP contribution in [0.1, 0.15) is 35.7 Å². The maximum atomic E-state index is 12.8. The Morgan fingerprint density at radius 1 is 1.14 bits per heavy atom. The van der Waals surface area contributed by atoms with Crippen molar-refractivity contribution in [2.75, 3.05) is 36.1 Å². The highest BCUT2D eigenvalue weighted by Gasteiger charge is 2.27. The lowest BCUT2D eigenvalue weighted by molar-refractivity contribution is 0.102. The van der Waals surface area contributed by atoms with Gasteiger partial charge in [-0.1, -0.05) is 13.0 Å². The van der Waals surface area contributed by atoms with Crippen LogP contribution in [0.2, 0.25) is 0 Å². The lowest BCUT2D eigenvalue weighted by Crippen LogP contribution is -2.37. The van der Waals surface area contributed by atoms with Crippen molar-refractivity contribution in [3.8, 4) is 11.5 Å². The third-order valence-electron chi connectivity index (χ3n) is 4.87. The summed E-state index contributed by atoms with van der Waals surface area (Å²) in [6, 6.07) is 10.4. The SMILES string of the molecule is CCCS(=O)(=O)N1CCCc2ccc(NC(=O)c3ccc(OC)cc3OC)cc21. The maximum Gasteiger partial charge on any atom is 0.259 e. The van der Waals surface area contributed by atoms with E-state index in [4.69, 9.17) is 9.47 Å². The van der Waals surface area contributed by atoms with E-state index in [9.17, 15) is 13.2 Å². The lowest BCUT2D eigenvalue weighted by atomic mass is 10.0. The Balaban J connectivity index is 1.89. The van der Waals surface area contributed by atoms with Gasteiger partial charge >= 0.3 is 0 Å². The molecule has 0 aliphatic carbocycles. The molecule has 1 aliphatic heterocycles. The summed E-state index contributed by atoms with van der Waals surface area (Å²) < 4.78 is 37.2. The molecule has 0 saturated carbocycles. The molecular weight excluding hydrogens is 392 g/mol. The van der Waals surface area contributed by atoms with Gasteiger partial charge in [-0.25, -0.2) is 8.42 Å². The fourth-order valence-electron chi connectivity index (χ4n) is 3.46. The summed E-state index contributed by atoms with van der Waals surface area (Å²) in [4.78, 5) is 12.8. The van der Waals surface area contributed by atoms with Crippen LogP contribution in [0.4, 0.5) is 11.4 Å². The van der Waals surface area contributed by atoms with Gasteiger partial charge in [0.2, 0.25) is 10.0 Å². The molecule has 2 aromatic carbocycles. The molecule has 8 heteroatoms. The van der Waals surface area contributed by atoms with Crippen LogP contribution in [0.25, 0.3) is 0 Å². The van der Waals surface area contributed by atoms with Gasteiger partial charge in [-0.2, -0.15) is 0 Å². The van der Waals surface area contributed by atoms with Crippen molar-refractivity contribution in [2.24, 2.45) is 0 Å². The van der Waals surface area contributed by atoms with Gasteiger partial charge in [0, 0.05) is 18.3 Å². The highest BCUT2D eigenvalue weighted by molar-refractivity contribution is 7.92. The highest BCUT2D eigenvalue weighted by Crippen LogP contribution is 2.33. The van der Waals surface area contributed by atoms with E-state index in [-0.39, 0.29) is 11.7 Å². The van der Waals surface area contributed by atoms with E-state index >= 15 is 0 Å². The molecule has 0 bridgehead atoms. The first-order valence-corrected chi connectivity index (χ1v) is 11.2. The highest BCUT2D eigenvalue weighted by atomic mass is 32.2. The number of amides is 1. The van der Waals surface area contributed by atoms with E-state index in [1.165, 1.54) is 11.4 Å². The minimum atomic E-state index is -3.38. The molecule has 0 unspecified atom stereocenters. The fraction of sp³-hybridized carbons (Fsp3) is 0.381. The number of rotatable bonds is 7. The minimum absolute atomic E-state index is 0.103. The number of nitrogens with one attached hydrogen (secondary N) is 1. The van der Waals surface area contributed by atoms with Crippen LogP contribution in [0.5, 0.6) is 11.5 Å². The molecule has 0 atom stereocenters. The second-order valence-corrected chi connectivity index (χ2v) is 8.87. The number of carbonyl (C=O) groups excluding carboxylic acids is 1. The predicted molar refractivity (Wildman–Crippen MR) is 114 cm³/mol. The van der Waals surface area contributed by atoms with Gasteiger partial charge in [0.1, 0.15) is 11.5 Å². The van der Waals surface area contributed by atoms with Crippen molar-refractivity contribution >= 4 is 27.3 Å². The number of aryl methyl sites for hydroxylation is 1. The number of ether oxygens (including phenoxy) is 2. The van der Waals surface area contributed by atoms with Crippen LogP contribution in [0.3, 0.4) is 0 Å². The second-order valence-electron chi connectivity index (χ2n) is 6.86. The van der Waals surface area contributed by atoms with E-state index in [1.807, 2.05) is 13.0 Å². The quantitative estimate of drug-likeness (QED) is 0.744. The van der Waals surface area contributed by atoms with Crippen LogP contribution in [-0.2, 0) is 16.4 Å². The van der Waals surface area contributed by atoms with Crippen molar-refractivity contribution in [1.82, 2.24) is 0 Å². The summed E-state index contributed by atoms with van der Waals surface area (Å²) in [5, 5.41) is 2.84. The monoisotopic (exact) mass is 418 g/mol. The van der Waals surface area contributed by atoms with Crippen molar-refractivity contribution in [2.45, 2.75) is 26.2 Å². The summed E-state index contributed by atoms with van der Waals surface area (Å²) in [6.45, 7) is 2.31. The molecule has 1 amide bonds. The van der Waals surface area contributed by atoms with Gasteiger partial charge in [-0.15, -0.1) is 0 Å². The zero-order valence-electron chi connectivity index (χ0n) is 16.9. The Morgan fingerprint density at radius 2 is 1.93 bits per heavy atom. The van der Waals surface area contributed by atoms with Crippen molar-refractivity contribution in [3.63, 3.8) is 0 Å². The molecule has 0 aromatic heterocycles. The van der Waals surface area contributed by atoms with E-state index in [0.717, 1.165) is 18.4 Å². The number of hydrogen-bond donors (Lipinski definition) is 1. The van der Waals surface area contributed by atoms with Crippen LogP contribution < -0.4 is 19.1 Å². The molecule has 0 fully saturated rings. The molecule has 1 aliphatic rings. The first kappa shape index (κ1) is 21.0. The number of benzene rings is 2. The number of nitrogens with zero attached hydrogens (tertiary/aromatic N) is 1. The summed E-state index contributed by atoms with van der Waals surface area (Å²) in [7, 11) is -0.347. The van der Waals surface area contributed by atoms with Gasteiger partial charge in [0.05, 0.1) is 31.2 Å². The molecular formula is C21H26N2O5S. The van der Waals surface area contributed by atoms with Gasteiger partial charge in [-0.05, 0) is 49.1 Å². The molecule has 0 saturated heterocycles. The van der Waals surface area contributed by atoms with Crippen LogP contribution in [0.15, 0.2) is 36.4 Å². The zero-order chi connectivity index (χ0) is 21.0. The van der Waals surface area contributed by atoms with Crippen LogP contribution >= 0.6 is 0 Å². The fourth-order valence-corrected chi connectivity index (χ4v) is 5.07. The van der Waals surface area contributed by atoms with E-state index in [0.29, 0.717) is 41.4 Å². The number of anilines is 2. The molecule has 1 N–H and O–H groups in total. The Morgan fingerprint density at radius 3 is 2.62 bits per heavy atom. The van der Waals surface area contributed by atoms with Gasteiger partial charge in [0.25, 0.3) is 5.91 Å². The van der Waals surface area contributed by atoms with E-state index in [1.54, 1.807) is 37.4 Å². The molecule has 0 radical (unpaired) electrons. The molecule has 3 rings (SSSR count). The Kier molecular flexibility index (Phi) is 6.32. The van der Waals surface area contributed by atoms with E-state index in [2.05, 4.69) is 5.32 Å². The van der Waals surface area contributed by atoms with Crippen molar-refractivity contribution < 1.29 is 22.7 Å². The zero-order valence-corrected chi connectivity index (χ0v) is 17.7. The predicted octanol–water partition coefficient (Wildman–Crippen LogP) is 3.45. The number of sulfonamides is 1. The second kappa shape index (κ2) is 8.73. The Bertz CT molecular complexity index is 1000. The van der Waals surface area contributed by atoms with Crippen LogP contribution in [0, 0.1) is 0 Å². The third kappa shape index (κ3) is 4.48. The normalized spacial score (nSPS) is 13.6. The smallest absolute Gasteiger partial charge is 0.259 e. The molecule has 2 aromatic rings. The molecule has 0 spiro atoms. The summed E-state index contributed by atoms with van der Waals surface area (Å²) in [5.74, 6) is 0.741. The molecule has 156 valence electrons. The summed E-state index contributed by atoms with van der Waals surface area (Å²) >= 11 is 0. The Labute approximate surface area is 171 Å². The number of carbonyl (C=O) groups is 1. The number of fused-ring (bicyclic) bond motifs is 1. The van der Waals surface area contributed by atoms with E-state index < -0.39 is 10.0 Å². The molecule has 29 heavy (non-hydrogen) atoms. The molecule has 1 heterocycles. The molecule has 7 nitrogen and oxygen atoms in total. The number of methoxy groups -OCH3 is 2. The number of hydrogen-bond acceptors (Lipinski definition) is 5. The van der Waals surface area contributed by atoms with Gasteiger partial charge in [0.15, 0.2) is 0 Å². The third-order valence-corrected chi connectivity index (χ3v) is 6.85. The van der Waals surface area contributed by atoms with Crippen molar-refractivity contribution in [1.29, 1.82) is 0 Å². The lowest BCUT2D eigenvalue weighted by Gasteiger charge is -2.31. The average Bonchev–Trinajstić information content (AvgIpc) is 2.72. The maximum absolute atomic E-state index is 12.8. The van der Waals surface area contributed by atoms with Gasteiger partial charge in [-0.3, -0.25) is 9.10 Å². The Hall–Kier alpha value is -2.74.